The van der Waals surface area contributed by atoms with Crippen molar-refractivity contribution >= 4 is 13.3 Å². The van der Waals surface area contributed by atoms with Crippen LogP contribution in [0.2, 0.25) is 6.32 Å². The topological polar surface area (TPSA) is 86.6 Å². The van der Waals surface area contributed by atoms with Crippen LogP contribution in [0.5, 0.6) is 0 Å². The molecule has 0 aromatic carbocycles. The SMILES string of the molecule is O=C=O.OB(O)CCC[C@H]1CCCNC1. The molecule has 1 rings (SSSR count). The second-order valence-corrected chi connectivity index (χ2v) is 3.71. The summed E-state index contributed by atoms with van der Waals surface area (Å²) in [5.74, 6) is 0.762. The zero-order valence-corrected chi connectivity index (χ0v) is 8.82. The molecule has 3 N–H and O–H groups in total. The molecule has 0 spiro atoms. The quantitative estimate of drug-likeness (QED) is 0.558. The summed E-state index contributed by atoms with van der Waals surface area (Å²) in [6.07, 6.45) is 5.41. The molecular weight excluding hydrogens is 197 g/mol. The van der Waals surface area contributed by atoms with Crippen molar-refractivity contribution in [2.24, 2.45) is 5.92 Å². The summed E-state index contributed by atoms with van der Waals surface area (Å²) in [5.41, 5.74) is 0. The van der Waals surface area contributed by atoms with Crippen LogP contribution in [0.4, 0.5) is 0 Å². The van der Waals surface area contributed by atoms with Crippen LogP contribution in [0.25, 0.3) is 0 Å². The Hall–Kier alpha value is -0.675. The number of rotatable bonds is 4. The molecule has 1 heterocycles. The van der Waals surface area contributed by atoms with Crippen LogP contribution >= 0.6 is 0 Å². The maximum Gasteiger partial charge on any atom is 0.451 e. The summed E-state index contributed by atoms with van der Waals surface area (Å²) in [6.45, 7) is 2.26. The molecule has 0 radical (unpaired) electrons. The highest BCUT2D eigenvalue weighted by molar-refractivity contribution is 6.40. The third-order valence-electron chi connectivity index (χ3n) is 2.47. The first-order valence-corrected chi connectivity index (χ1v) is 5.26. The first kappa shape index (κ1) is 14.3. The van der Waals surface area contributed by atoms with Crippen molar-refractivity contribution in [1.82, 2.24) is 5.32 Å². The van der Waals surface area contributed by atoms with E-state index in [4.69, 9.17) is 19.6 Å². The second kappa shape index (κ2) is 9.86. The summed E-state index contributed by atoms with van der Waals surface area (Å²) in [5, 5.41) is 20.6. The van der Waals surface area contributed by atoms with Crippen molar-refractivity contribution in [1.29, 1.82) is 0 Å². The van der Waals surface area contributed by atoms with Crippen LogP contribution < -0.4 is 5.32 Å². The predicted octanol–water partition coefficient (Wildman–Crippen LogP) is -0.345. The van der Waals surface area contributed by atoms with E-state index in [1.807, 2.05) is 0 Å². The number of carbonyl (C=O) groups excluding carboxylic acids is 2. The van der Waals surface area contributed by atoms with Gasteiger partial charge in [-0.1, -0.05) is 6.42 Å². The molecule has 6 heteroatoms. The molecule has 0 aliphatic carbocycles. The zero-order valence-electron chi connectivity index (χ0n) is 8.82. The summed E-state index contributed by atoms with van der Waals surface area (Å²) in [6, 6.07) is 0. The molecule has 1 aliphatic heterocycles. The molecule has 1 fully saturated rings. The molecule has 0 amide bonds. The van der Waals surface area contributed by atoms with Gasteiger partial charge in [0.25, 0.3) is 0 Å². The average Bonchev–Trinajstić information content (AvgIpc) is 2.20. The largest absolute Gasteiger partial charge is 0.451 e. The Morgan fingerprint density at radius 1 is 1.40 bits per heavy atom. The molecule has 0 bridgehead atoms. The van der Waals surface area contributed by atoms with Gasteiger partial charge >= 0.3 is 13.3 Å². The van der Waals surface area contributed by atoms with Gasteiger partial charge in [-0.05, 0) is 44.6 Å². The Kier molecular flexibility index (Phi) is 9.42. The third kappa shape index (κ3) is 9.63. The van der Waals surface area contributed by atoms with E-state index in [2.05, 4.69) is 5.32 Å². The Bertz CT molecular complexity index is 177. The van der Waals surface area contributed by atoms with Crippen molar-refractivity contribution in [2.75, 3.05) is 13.1 Å². The summed E-state index contributed by atoms with van der Waals surface area (Å²) in [7, 11) is -1.11. The van der Waals surface area contributed by atoms with Gasteiger partial charge in [-0.15, -0.1) is 0 Å². The van der Waals surface area contributed by atoms with Gasteiger partial charge in [0, 0.05) is 0 Å². The minimum Gasteiger partial charge on any atom is -0.427 e. The Labute approximate surface area is 90.0 Å². The van der Waals surface area contributed by atoms with E-state index in [1.54, 1.807) is 0 Å². The lowest BCUT2D eigenvalue weighted by molar-refractivity contribution is -0.191. The second-order valence-electron chi connectivity index (χ2n) is 3.71. The van der Waals surface area contributed by atoms with Crippen molar-refractivity contribution in [3.8, 4) is 0 Å². The molecule has 86 valence electrons. The van der Waals surface area contributed by atoms with Crippen LogP contribution in [-0.2, 0) is 9.59 Å². The lowest BCUT2D eigenvalue weighted by Crippen LogP contribution is -2.29. The lowest BCUT2D eigenvalue weighted by Gasteiger charge is -2.22. The first-order chi connectivity index (χ1) is 7.20. The van der Waals surface area contributed by atoms with Crippen LogP contribution in [0.3, 0.4) is 0 Å². The van der Waals surface area contributed by atoms with Gasteiger partial charge in [-0.25, -0.2) is 0 Å². The van der Waals surface area contributed by atoms with E-state index in [1.165, 1.54) is 12.8 Å². The maximum absolute atomic E-state index is 8.62. The monoisotopic (exact) mass is 215 g/mol. The molecule has 1 atom stereocenters. The highest BCUT2D eigenvalue weighted by Crippen LogP contribution is 2.17. The smallest absolute Gasteiger partial charge is 0.427 e. The fourth-order valence-electron chi connectivity index (χ4n) is 1.76. The van der Waals surface area contributed by atoms with E-state index in [0.717, 1.165) is 31.8 Å². The molecule has 1 saturated heterocycles. The van der Waals surface area contributed by atoms with Gasteiger partial charge in [0.05, 0.1) is 0 Å². The minimum absolute atomic E-state index is 0.250. The number of hydrogen-bond donors (Lipinski definition) is 3. The van der Waals surface area contributed by atoms with Crippen LogP contribution in [-0.4, -0.2) is 36.4 Å². The molecule has 15 heavy (non-hydrogen) atoms. The number of piperidine rings is 1. The molecule has 1 aliphatic rings. The van der Waals surface area contributed by atoms with Gasteiger partial charge in [-0.2, -0.15) is 9.59 Å². The normalized spacial score (nSPS) is 19.7. The minimum atomic E-state index is -1.11. The summed E-state index contributed by atoms with van der Waals surface area (Å²) < 4.78 is 0. The van der Waals surface area contributed by atoms with Gasteiger partial charge in [0.15, 0.2) is 0 Å². The highest BCUT2D eigenvalue weighted by atomic mass is 16.4. The fraction of sp³-hybridized carbons (Fsp3) is 0.889. The summed E-state index contributed by atoms with van der Waals surface area (Å²) >= 11 is 0. The first-order valence-electron chi connectivity index (χ1n) is 5.26. The third-order valence-corrected chi connectivity index (χ3v) is 2.47. The van der Waals surface area contributed by atoms with E-state index in [-0.39, 0.29) is 6.15 Å². The van der Waals surface area contributed by atoms with Crippen LogP contribution in [0.1, 0.15) is 25.7 Å². The summed E-state index contributed by atoms with van der Waals surface area (Å²) in [4.78, 5) is 16.2. The predicted molar refractivity (Wildman–Crippen MR) is 54.8 cm³/mol. The molecule has 0 saturated carbocycles. The van der Waals surface area contributed by atoms with Gasteiger partial charge < -0.3 is 15.4 Å². The fourth-order valence-corrected chi connectivity index (χ4v) is 1.76. The zero-order chi connectivity index (χ0) is 11.5. The van der Waals surface area contributed by atoms with Gasteiger partial charge in [0.1, 0.15) is 0 Å². The highest BCUT2D eigenvalue weighted by Gasteiger charge is 2.13. The molecule has 5 nitrogen and oxygen atoms in total. The van der Waals surface area contributed by atoms with Crippen molar-refractivity contribution in [3.63, 3.8) is 0 Å². The van der Waals surface area contributed by atoms with E-state index in [0.29, 0.717) is 6.32 Å². The standard InChI is InChI=1S/C8H18BNO2.CO2/c11-9(12)5-1-3-8-4-2-6-10-7-8;2-1-3/h8,10-12H,1-7H2;/t8-;/m0./s1. The molecule has 0 unspecified atom stereocenters. The van der Waals surface area contributed by atoms with Crippen LogP contribution in [0, 0.1) is 5.92 Å². The Morgan fingerprint density at radius 2 is 2.07 bits per heavy atom. The molecule has 0 aromatic heterocycles. The van der Waals surface area contributed by atoms with Crippen molar-refractivity contribution in [2.45, 2.75) is 32.0 Å². The number of hydrogen-bond acceptors (Lipinski definition) is 5. The van der Waals surface area contributed by atoms with Crippen molar-refractivity contribution < 1.29 is 19.6 Å². The number of nitrogens with one attached hydrogen (secondary N) is 1. The van der Waals surface area contributed by atoms with E-state index in [9.17, 15) is 0 Å². The Morgan fingerprint density at radius 3 is 2.53 bits per heavy atom. The van der Waals surface area contributed by atoms with Gasteiger partial charge in [0.2, 0.25) is 0 Å². The Balaban J connectivity index is 0.000000583. The molecule has 0 aromatic rings. The average molecular weight is 215 g/mol. The molecular formula is C9H18BNO4. The van der Waals surface area contributed by atoms with Gasteiger partial charge in [-0.3, -0.25) is 0 Å². The van der Waals surface area contributed by atoms with Crippen LogP contribution in [0.15, 0.2) is 0 Å². The maximum atomic E-state index is 8.62. The van der Waals surface area contributed by atoms with E-state index < -0.39 is 7.12 Å². The van der Waals surface area contributed by atoms with Crippen molar-refractivity contribution in [3.05, 3.63) is 0 Å². The lowest BCUT2D eigenvalue weighted by atomic mass is 9.81. The van der Waals surface area contributed by atoms with E-state index >= 15 is 0 Å².